The number of nitrogens with one attached hydrogen (secondary N) is 3. The minimum Gasteiger partial charge on any atom is -0.492 e. The second kappa shape index (κ2) is 12.1. The molecule has 0 unspecified atom stereocenters. The Balaban J connectivity index is 1.20. The molecule has 7 rings (SSSR count). The van der Waals surface area contributed by atoms with Crippen LogP contribution in [0.3, 0.4) is 0 Å². The molecule has 0 bridgehead atoms. The molecule has 0 radical (unpaired) electrons. The van der Waals surface area contributed by atoms with E-state index in [4.69, 9.17) is 4.74 Å². The van der Waals surface area contributed by atoms with Crippen LogP contribution in [0.2, 0.25) is 0 Å². The van der Waals surface area contributed by atoms with E-state index >= 15 is 0 Å². The lowest BCUT2D eigenvalue weighted by molar-refractivity contribution is -0.119. The topological polar surface area (TPSA) is 112 Å². The Morgan fingerprint density at radius 2 is 1.80 bits per heavy atom. The van der Waals surface area contributed by atoms with Gasteiger partial charge in [-0.3, -0.25) is 19.9 Å². The molecule has 0 spiro atoms. The minimum absolute atomic E-state index is 0.0676. The van der Waals surface area contributed by atoms with E-state index in [1.807, 2.05) is 55.4 Å². The summed E-state index contributed by atoms with van der Waals surface area (Å²) < 4.78 is 20.5. The van der Waals surface area contributed by atoms with Crippen LogP contribution in [0.1, 0.15) is 25.7 Å². The normalized spacial score (nSPS) is 13.7. The fourth-order valence-electron chi connectivity index (χ4n) is 6.04. The van der Waals surface area contributed by atoms with Crippen LogP contribution in [0.4, 0.5) is 10.1 Å². The van der Waals surface area contributed by atoms with Gasteiger partial charge in [-0.05, 0) is 75.0 Å². The van der Waals surface area contributed by atoms with Crippen LogP contribution in [-0.4, -0.2) is 63.2 Å². The predicted octanol–water partition coefficient (Wildman–Crippen LogP) is 7.04. The molecule has 6 aromatic rings. The van der Waals surface area contributed by atoms with Crippen molar-refractivity contribution < 1.29 is 13.9 Å². The molecule has 1 saturated carbocycles. The molecule has 1 amide bonds. The van der Waals surface area contributed by atoms with Crippen molar-refractivity contribution in [1.29, 1.82) is 0 Å². The molecule has 0 saturated heterocycles. The first-order valence-corrected chi connectivity index (χ1v) is 15.2. The first-order valence-electron chi connectivity index (χ1n) is 15.2. The number of likely N-dealkylation sites (N-methyl/N-ethyl adjacent to an activating group) is 1. The zero-order valence-electron chi connectivity index (χ0n) is 25.2. The number of H-pyrrole nitrogens is 2. The van der Waals surface area contributed by atoms with Gasteiger partial charge in [-0.2, -0.15) is 5.10 Å². The number of fused-ring (bicyclic) bond motifs is 2. The Labute approximate surface area is 259 Å². The van der Waals surface area contributed by atoms with E-state index in [1.165, 1.54) is 12.1 Å². The van der Waals surface area contributed by atoms with Gasteiger partial charge >= 0.3 is 0 Å². The van der Waals surface area contributed by atoms with Crippen LogP contribution < -0.4 is 10.1 Å². The summed E-state index contributed by atoms with van der Waals surface area (Å²) in [6.07, 6.45) is 9.29. The van der Waals surface area contributed by atoms with Gasteiger partial charge in [-0.25, -0.2) is 4.39 Å². The lowest BCUT2D eigenvalue weighted by atomic mass is 10.0. The maximum atomic E-state index is 14.7. The standard InChI is InChI=1S/C35H34FN7O2/c1-43(2)11-12-45-27-15-23(13-25(36)17-27)33-29-18-32(40-30(29)9-10-38-33)34-28-16-22(7-8-31(28)41-42-34)24-14-26(20-37-19-24)39-35(44)21-5-3-4-6-21/h7-10,13-21,40H,3-6,11-12H2,1-2H3,(H,39,44)(H,41,42). The first-order chi connectivity index (χ1) is 21.9. The number of halogens is 1. The fourth-order valence-corrected chi connectivity index (χ4v) is 6.04. The molecule has 1 aliphatic carbocycles. The SMILES string of the molecule is CN(C)CCOc1cc(F)cc(-c2nccc3[nH]c(-c4n[nH]c5ccc(-c6cncc(NC(=O)C7CCCC7)c6)cc45)cc23)c1. The molecule has 4 aromatic heterocycles. The highest BCUT2D eigenvalue weighted by atomic mass is 19.1. The van der Waals surface area contributed by atoms with Crippen LogP contribution in [0, 0.1) is 11.7 Å². The number of hydrogen-bond donors (Lipinski definition) is 3. The van der Waals surface area contributed by atoms with Gasteiger partial charge in [0.2, 0.25) is 5.91 Å². The van der Waals surface area contributed by atoms with Crippen molar-refractivity contribution in [3.63, 3.8) is 0 Å². The van der Waals surface area contributed by atoms with Crippen molar-refractivity contribution in [2.45, 2.75) is 25.7 Å². The van der Waals surface area contributed by atoms with Gasteiger partial charge in [-0.15, -0.1) is 0 Å². The van der Waals surface area contributed by atoms with E-state index < -0.39 is 0 Å². The van der Waals surface area contributed by atoms with Gasteiger partial charge < -0.3 is 19.9 Å². The molecule has 9 nitrogen and oxygen atoms in total. The Hall–Kier alpha value is -5.09. The van der Waals surface area contributed by atoms with Crippen molar-refractivity contribution in [1.82, 2.24) is 30.0 Å². The number of amides is 1. The first kappa shape index (κ1) is 28.7. The van der Waals surface area contributed by atoms with Crippen molar-refractivity contribution in [2.24, 2.45) is 5.92 Å². The largest absolute Gasteiger partial charge is 0.492 e. The number of aromatic nitrogens is 5. The summed E-state index contributed by atoms with van der Waals surface area (Å²) in [5, 5.41) is 12.6. The quantitative estimate of drug-likeness (QED) is 0.163. The number of hydrogen-bond acceptors (Lipinski definition) is 6. The van der Waals surface area contributed by atoms with E-state index in [2.05, 4.69) is 36.5 Å². The summed E-state index contributed by atoms with van der Waals surface area (Å²) in [5.41, 5.74) is 7.11. The van der Waals surface area contributed by atoms with E-state index in [0.29, 0.717) is 29.3 Å². The molecular formula is C35H34FN7O2. The highest BCUT2D eigenvalue weighted by Gasteiger charge is 2.23. The number of carbonyl (C=O) groups excluding carboxylic acids is 1. The third kappa shape index (κ3) is 6.01. The van der Waals surface area contributed by atoms with Gasteiger partial charge in [0.05, 0.1) is 28.8 Å². The highest BCUT2D eigenvalue weighted by Crippen LogP contribution is 2.36. The number of aromatic amines is 2. The number of pyridine rings is 2. The number of rotatable bonds is 9. The van der Waals surface area contributed by atoms with Crippen LogP contribution in [0.5, 0.6) is 5.75 Å². The molecule has 0 atom stereocenters. The molecule has 45 heavy (non-hydrogen) atoms. The molecule has 1 fully saturated rings. The van der Waals surface area contributed by atoms with E-state index in [1.54, 1.807) is 18.6 Å². The molecule has 228 valence electrons. The molecular weight excluding hydrogens is 569 g/mol. The Morgan fingerprint density at radius 1 is 0.956 bits per heavy atom. The smallest absolute Gasteiger partial charge is 0.227 e. The third-order valence-electron chi connectivity index (χ3n) is 8.38. The van der Waals surface area contributed by atoms with Crippen LogP contribution >= 0.6 is 0 Å². The molecule has 2 aromatic carbocycles. The summed E-state index contributed by atoms with van der Waals surface area (Å²) in [4.78, 5) is 27.2. The monoisotopic (exact) mass is 603 g/mol. The summed E-state index contributed by atoms with van der Waals surface area (Å²) in [5.74, 6) is 0.223. The van der Waals surface area contributed by atoms with E-state index in [-0.39, 0.29) is 17.6 Å². The van der Waals surface area contributed by atoms with Gasteiger partial charge in [0.1, 0.15) is 23.9 Å². The molecule has 1 aliphatic rings. The highest BCUT2D eigenvalue weighted by molar-refractivity contribution is 6.01. The number of benzene rings is 2. The second-order valence-electron chi connectivity index (χ2n) is 11.9. The van der Waals surface area contributed by atoms with Crippen molar-refractivity contribution in [3.8, 4) is 39.5 Å². The maximum Gasteiger partial charge on any atom is 0.227 e. The lowest BCUT2D eigenvalue weighted by Gasteiger charge is -2.12. The zero-order chi connectivity index (χ0) is 30.9. The minimum atomic E-state index is -0.385. The Kier molecular flexibility index (Phi) is 7.72. The zero-order valence-corrected chi connectivity index (χ0v) is 25.2. The van der Waals surface area contributed by atoms with Crippen LogP contribution in [0.15, 0.2) is 73.2 Å². The van der Waals surface area contributed by atoms with Crippen molar-refractivity contribution >= 4 is 33.4 Å². The maximum absolute atomic E-state index is 14.7. The molecule has 10 heteroatoms. The predicted molar refractivity (Wildman–Crippen MR) is 174 cm³/mol. The number of nitrogens with zero attached hydrogens (tertiary/aromatic N) is 4. The number of carbonyl (C=O) groups is 1. The summed E-state index contributed by atoms with van der Waals surface area (Å²) in [7, 11) is 3.93. The van der Waals surface area contributed by atoms with Crippen LogP contribution in [0.25, 0.3) is 55.6 Å². The number of anilines is 1. The van der Waals surface area contributed by atoms with Gasteiger partial charge in [0.15, 0.2) is 0 Å². The van der Waals surface area contributed by atoms with Crippen molar-refractivity contribution in [2.75, 3.05) is 32.6 Å². The van der Waals surface area contributed by atoms with Crippen LogP contribution in [-0.2, 0) is 4.79 Å². The molecule has 3 N–H and O–H groups in total. The van der Waals surface area contributed by atoms with Gasteiger partial charge in [0, 0.05) is 58.3 Å². The number of ether oxygens (including phenoxy) is 1. The van der Waals surface area contributed by atoms with Gasteiger partial charge in [0.25, 0.3) is 0 Å². The second-order valence-corrected chi connectivity index (χ2v) is 11.9. The summed E-state index contributed by atoms with van der Waals surface area (Å²) in [6.45, 7) is 1.17. The summed E-state index contributed by atoms with van der Waals surface area (Å²) in [6, 6.07) is 16.6. The Bertz CT molecular complexity index is 2010. The van der Waals surface area contributed by atoms with Crippen molar-refractivity contribution in [3.05, 3.63) is 79.0 Å². The lowest BCUT2D eigenvalue weighted by Crippen LogP contribution is -2.20. The average Bonchev–Trinajstić information content (AvgIpc) is 3.80. The fraction of sp³-hybridized carbons (Fsp3) is 0.257. The molecule has 0 aliphatic heterocycles. The average molecular weight is 604 g/mol. The Morgan fingerprint density at radius 3 is 2.64 bits per heavy atom. The third-order valence-corrected chi connectivity index (χ3v) is 8.38. The van der Waals surface area contributed by atoms with E-state index in [0.717, 1.165) is 76.5 Å². The molecule has 4 heterocycles. The van der Waals surface area contributed by atoms with Gasteiger partial charge in [-0.1, -0.05) is 18.9 Å². The summed E-state index contributed by atoms with van der Waals surface area (Å²) >= 11 is 0. The van der Waals surface area contributed by atoms with E-state index in [9.17, 15) is 9.18 Å².